The Balaban J connectivity index is 1.27. The number of anilines is 6. The van der Waals surface area contributed by atoms with Crippen molar-refractivity contribution in [2.75, 3.05) is 9.80 Å². The van der Waals surface area contributed by atoms with Crippen LogP contribution in [0.4, 0.5) is 34.1 Å². The summed E-state index contributed by atoms with van der Waals surface area (Å²) >= 11 is 0. The summed E-state index contributed by atoms with van der Waals surface area (Å²) in [5.74, 6) is 0. The summed E-state index contributed by atoms with van der Waals surface area (Å²) in [7, 11) is 0. The van der Waals surface area contributed by atoms with E-state index in [9.17, 15) is 0 Å². The smallest absolute Gasteiger partial charge is 0.0468 e. The molecule has 9 aromatic carbocycles. The zero-order chi connectivity index (χ0) is 39.8. The van der Waals surface area contributed by atoms with Gasteiger partial charge in [0.05, 0.1) is 0 Å². The van der Waals surface area contributed by atoms with Gasteiger partial charge in [-0.1, -0.05) is 121 Å². The molecule has 290 valence electrons. The predicted molar refractivity (Wildman–Crippen MR) is 255 cm³/mol. The Morgan fingerprint density at radius 1 is 0.267 bits per heavy atom. The first-order valence-corrected chi connectivity index (χ1v) is 21.9. The van der Waals surface area contributed by atoms with Gasteiger partial charge < -0.3 is 9.80 Å². The Kier molecular flexibility index (Phi) is 9.47. The van der Waals surface area contributed by atoms with E-state index >= 15 is 0 Å². The third kappa shape index (κ3) is 6.44. The zero-order valence-electron chi connectivity index (χ0n) is 34.0. The van der Waals surface area contributed by atoms with Crippen molar-refractivity contribution in [2.45, 2.75) is 51.4 Å². The lowest BCUT2D eigenvalue weighted by molar-refractivity contribution is 0.687. The van der Waals surface area contributed by atoms with Crippen LogP contribution in [0.25, 0.3) is 43.8 Å². The molecule has 0 radical (unpaired) electrons. The van der Waals surface area contributed by atoms with Gasteiger partial charge in [-0.2, -0.15) is 0 Å². The monoisotopic (exact) mass is 772 g/mol. The molecule has 0 aromatic heterocycles. The molecule has 0 saturated heterocycles. The van der Waals surface area contributed by atoms with Crippen LogP contribution < -0.4 is 9.80 Å². The highest BCUT2D eigenvalue weighted by atomic mass is 15.1. The van der Waals surface area contributed by atoms with E-state index in [0.717, 1.165) is 59.8 Å². The average Bonchev–Trinajstić information content (AvgIpc) is 3.32. The minimum atomic E-state index is 1.11. The van der Waals surface area contributed by atoms with E-state index in [-0.39, 0.29) is 0 Å². The van der Waals surface area contributed by atoms with Crippen LogP contribution in [0.5, 0.6) is 0 Å². The third-order valence-electron chi connectivity index (χ3n) is 13.0. The van der Waals surface area contributed by atoms with Crippen LogP contribution >= 0.6 is 0 Å². The predicted octanol–water partition coefficient (Wildman–Crippen LogP) is 16.0. The Hall–Kier alpha value is -6.90. The number of fused-ring (bicyclic) bond motifs is 4. The highest BCUT2D eigenvalue weighted by Gasteiger charge is 2.26. The Labute approximate surface area is 354 Å². The molecule has 0 amide bonds. The Morgan fingerprint density at radius 2 is 0.617 bits per heavy atom. The van der Waals surface area contributed by atoms with Crippen molar-refractivity contribution in [3.8, 4) is 22.3 Å². The lowest BCUT2D eigenvalue weighted by atomic mass is 9.79. The van der Waals surface area contributed by atoms with E-state index < -0.39 is 0 Å². The quantitative estimate of drug-likeness (QED) is 0.142. The molecule has 2 nitrogen and oxygen atoms in total. The van der Waals surface area contributed by atoms with Gasteiger partial charge in [0.15, 0.2) is 0 Å². The van der Waals surface area contributed by atoms with Crippen molar-refractivity contribution in [1.29, 1.82) is 0 Å². The minimum absolute atomic E-state index is 1.11. The fourth-order valence-electron chi connectivity index (χ4n) is 10.3. The Bertz CT molecular complexity index is 2690. The molecule has 2 aliphatic carbocycles. The van der Waals surface area contributed by atoms with E-state index in [1.165, 1.54) is 91.7 Å². The molecular formula is C58H48N2. The topological polar surface area (TPSA) is 6.48 Å². The number of benzene rings is 9. The van der Waals surface area contributed by atoms with E-state index in [1.54, 1.807) is 0 Å². The molecule has 60 heavy (non-hydrogen) atoms. The Morgan fingerprint density at radius 3 is 0.983 bits per heavy atom. The van der Waals surface area contributed by atoms with Crippen LogP contribution in [-0.4, -0.2) is 0 Å². The van der Waals surface area contributed by atoms with Crippen LogP contribution in [0.2, 0.25) is 0 Å². The van der Waals surface area contributed by atoms with Crippen LogP contribution in [0.3, 0.4) is 0 Å². The van der Waals surface area contributed by atoms with E-state index in [4.69, 9.17) is 0 Å². The third-order valence-corrected chi connectivity index (χ3v) is 13.0. The van der Waals surface area contributed by atoms with Gasteiger partial charge in [-0.05, 0) is 190 Å². The zero-order valence-corrected chi connectivity index (χ0v) is 34.0. The highest BCUT2D eigenvalue weighted by Crippen LogP contribution is 2.50. The van der Waals surface area contributed by atoms with Crippen molar-refractivity contribution < 1.29 is 0 Å². The summed E-state index contributed by atoms with van der Waals surface area (Å²) in [6.07, 6.45) is 9.45. The molecule has 0 aliphatic heterocycles. The van der Waals surface area contributed by atoms with Gasteiger partial charge in [-0.15, -0.1) is 0 Å². The largest absolute Gasteiger partial charge is 0.310 e. The second kappa shape index (κ2) is 15.7. The molecule has 0 atom stereocenters. The number of aryl methyl sites for hydroxylation is 2. The van der Waals surface area contributed by atoms with Gasteiger partial charge in [-0.3, -0.25) is 0 Å². The van der Waals surface area contributed by atoms with Crippen LogP contribution in [0.1, 0.15) is 47.9 Å². The summed E-state index contributed by atoms with van der Waals surface area (Å²) in [5, 5.41) is 5.21. The molecular weight excluding hydrogens is 725 g/mol. The summed E-state index contributed by atoms with van der Waals surface area (Å²) in [5.41, 5.74) is 18.4. The maximum atomic E-state index is 2.50. The highest BCUT2D eigenvalue weighted by molar-refractivity contribution is 6.23. The maximum Gasteiger partial charge on any atom is 0.0468 e. The number of para-hydroxylation sites is 4. The van der Waals surface area contributed by atoms with Crippen LogP contribution in [-0.2, 0) is 25.7 Å². The SMILES string of the molecule is c1ccc(N(c2ccccc2)c2ccc3c(-c4cccc5c4CCCC5)c4cc(N(c5ccccc5)c5ccccc5)ccc4c(-c4cccc5c4CCCC5)c3c2)cc1. The van der Waals surface area contributed by atoms with Crippen molar-refractivity contribution >= 4 is 55.7 Å². The maximum absolute atomic E-state index is 2.50. The molecule has 0 fully saturated rings. The van der Waals surface area contributed by atoms with Gasteiger partial charge in [0.1, 0.15) is 0 Å². The number of rotatable bonds is 8. The summed E-state index contributed by atoms with van der Waals surface area (Å²) in [4.78, 5) is 4.83. The summed E-state index contributed by atoms with van der Waals surface area (Å²) in [6.45, 7) is 0. The molecule has 2 aliphatic rings. The number of hydrogen-bond acceptors (Lipinski definition) is 2. The van der Waals surface area contributed by atoms with E-state index in [1.807, 2.05) is 0 Å². The lowest BCUT2D eigenvalue weighted by Gasteiger charge is -2.29. The average molecular weight is 773 g/mol. The number of hydrogen-bond donors (Lipinski definition) is 0. The summed E-state index contributed by atoms with van der Waals surface area (Å²) in [6, 6.07) is 72.1. The molecule has 0 saturated carbocycles. The molecule has 0 unspecified atom stereocenters. The van der Waals surface area contributed by atoms with Gasteiger partial charge in [0.25, 0.3) is 0 Å². The number of nitrogens with zero attached hydrogens (tertiary/aromatic N) is 2. The summed E-state index contributed by atoms with van der Waals surface area (Å²) < 4.78 is 0. The van der Waals surface area contributed by atoms with Crippen LogP contribution in [0.15, 0.2) is 194 Å². The molecule has 2 heteroatoms. The normalized spacial score (nSPS) is 13.5. The molecule has 0 heterocycles. The van der Waals surface area contributed by atoms with Crippen LogP contribution in [0, 0.1) is 0 Å². The molecule has 0 N–H and O–H groups in total. The first-order chi connectivity index (χ1) is 29.8. The van der Waals surface area contributed by atoms with Gasteiger partial charge in [-0.25, -0.2) is 0 Å². The molecule has 11 rings (SSSR count). The second-order valence-corrected chi connectivity index (χ2v) is 16.5. The fourth-order valence-corrected chi connectivity index (χ4v) is 10.3. The molecule has 0 bridgehead atoms. The van der Waals surface area contributed by atoms with Gasteiger partial charge in [0.2, 0.25) is 0 Å². The fraction of sp³-hybridized carbons (Fsp3) is 0.138. The minimum Gasteiger partial charge on any atom is -0.310 e. The molecule has 0 spiro atoms. The van der Waals surface area contributed by atoms with Gasteiger partial charge in [0, 0.05) is 34.1 Å². The molecule has 9 aromatic rings. The lowest BCUT2D eigenvalue weighted by Crippen LogP contribution is -2.11. The van der Waals surface area contributed by atoms with Crippen molar-refractivity contribution in [2.24, 2.45) is 0 Å². The van der Waals surface area contributed by atoms with Crippen molar-refractivity contribution in [3.05, 3.63) is 216 Å². The van der Waals surface area contributed by atoms with E-state index in [0.29, 0.717) is 0 Å². The standard InChI is InChI=1S/C58H48N2/c1-5-23-43(24-6-1)59(44-25-7-2-8-26-44)47-35-37-53-55(39-47)57(51-33-17-21-41-19-13-15-31-49(41)51)54-38-36-48(60(45-27-9-3-10-28-45)46-29-11-4-12-30-46)40-56(54)58(53)52-34-18-22-42-20-14-16-32-50(42)52/h1-12,17-18,21-30,33-40H,13-16,19-20,31-32H2. The first kappa shape index (κ1) is 36.2. The van der Waals surface area contributed by atoms with Crippen molar-refractivity contribution in [1.82, 2.24) is 0 Å². The van der Waals surface area contributed by atoms with Crippen molar-refractivity contribution in [3.63, 3.8) is 0 Å². The van der Waals surface area contributed by atoms with E-state index in [2.05, 4.69) is 204 Å². The van der Waals surface area contributed by atoms with Gasteiger partial charge >= 0.3 is 0 Å². The first-order valence-electron chi connectivity index (χ1n) is 21.9. The second-order valence-electron chi connectivity index (χ2n) is 16.5.